The first-order chi connectivity index (χ1) is 6.89. The lowest BCUT2D eigenvalue weighted by Gasteiger charge is -2.41. The van der Waals surface area contributed by atoms with Crippen LogP contribution in [0.3, 0.4) is 0 Å². The monoisotopic (exact) mass is 221 g/mol. The second-order valence-electron chi connectivity index (χ2n) is 3.75. The minimum Gasteiger partial charge on any atom is -0.387 e. The van der Waals surface area contributed by atoms with Crippen molar-refractivity contribution >= 4 is 0 Å². The summed E-state index contributed by atoms with van der Waals surface area (Å²) in [5.41, 5.74) is -1.79. The second-order valence-corrected chi connectivity index (χ2v) is 3.75. The van der Waals surface area contributed by atoms with Crippen LogP contribution in [0.1, 0.15) is 13.3 Å². The Morgan fingerprint density at radius 3 is 2.80 bits per heavy atom. The van der Waals surface area contributed by atoms with Gasteiger partial charge in [0, 0.05) is 18.5 Å². The van der Waals surface area contributed by atoms with Crippen LogP contribution in [-0.4, -0.2) is 52.9 Å². The molecule has 88 valence electrons. The zero-order valence-corrected chi connectivity index (χ0v) is 8.62. The van der Waals surface area contributed by atoms with Gasteiger partial charge in [-0.25, -0.2) is 0 Å². The van der Waals surface area contributed by atoms with E-state index >= 15 is 0 Å². The van der Waals surface area contributed by atoms with Gasteiger partial charge in [0.2, 0.25) is 6.54 Å². The first-order valence-electron chi connectivity index (χ1n) is 4.59. The normalized spacial score (nSPS) is 41.5. The Labute approximate surface area is 86.8 Å². The van der Waals surface area contributed by atoms with Crippen LogP contribution in [0.4, 0.5) is 0 Å². The summed E-state index contributed by atoms with van der Waals surface area (Å²) in [6, 6.07) is 0. The number of hydrogen-bond donors (Lipinski definition) is 2. The van der Waals surface area contributed by atoms with Crippen molar-refractivity contribution in [1.29, 1.82) is 0 Å². The third kappa shape index (κ3) is 2.63. The van der Waals surface area contributed by atoms with Crippen LogP contribution in [0.5, 0.6) is 0 Å². The van der Waals surface area contributed by atoms with Crippen LogP contribution < -0.4 is 0 Å². The van der Waals surface area contributed by atoms with E-state index in [1.54, 1.807) is 0 Å². The number of rotatable bonds is 3. The molecular weight excluding hydrogens is 206 g/mol. The Hall–Kier alpha value is -0.760. The molecule has 7 heteroatoms. The highest BCUT2D eigenvalue weighted by Crippen LogP contribution is 2.29. The molecule has 0 aromatic carbocycles. The summed E-state index contributed by atoms with van der Waals surface area (Å²) in [6.45, 7) is 0.808. The van der Waals surface area contributed by atoms with E-state index in [9.17, 15) is 20.3 Å². The molecule has 1 saturated heterocycles. The van der Waals surface area contributed by atoms with Gasteiger partial charge in [0.05, 0.1) is 6.10 Å². The third-order valence-electron chi connectivity index (χ3n) is 2.55. The molecule has 0 aromatic rings. The van der Waals surface area contributed by atoms with Crippen LogP contribution >= 0.6 is 0 Å². The Bertz CT molecular complexity index is 247. The highest BCUT2D eigenvalue weighted by Gasteiger charge is 2.50. The third-order valence-corrected chi connectivity index (χ3v) is 2.55. The van der Waals surface area contributed by atoms with Crippen LogP contribution in [0.2, 0.25) is 0 Å². The number of methoxy groups -OCH3 is 1. The second kappa shape index (κ2) is 4.40. The van der Waals surface area contributed by atoms with Crippen molar-refractivity contribution in [3.05, 3.63) is 10.1 Å². The van der Waals surface area contributed by atoms with Gasteiger partial charge >= 0.3 is 0 Å². The fraction of sp³-hybridized carbons (Fsp3) is 1.00. The van der Waals surface area contributed by atoms with Crippen LogP contribution in [-0.2, 0) is 9.47 Å². The number of aliphatic hydroxyl groups excluding tert-OH is 1. The summed E-state index contributed by atoms with van der Waals surface area (Å²) in [5.74, 6) is 0. The molecule has 7 nitrogen and oxygen atoms in total. The van der Waals surface area contributed by atoms with Gasteiger partial charge in [-0.05, 0) is 6.92 Å². The lowest BCUT2D eigenvalue weighted by molar-refractivity contribution is -0.510. The molecule has 1 rings (SSSR count). The lowest BCUT2D eigenvalue weighted by Crippen LogP contribution is -2.59. The lowest BCUT2D eigenvalue weighted by atomic mass is 9.87. The fourth-order valence-electron chi connectivity index (χ4n) is 1.73. The number of hydrogen-bond acceptors (Lipinski definition) is 6. The molecule has 0 amide bonds. The molecule has 0 saturated carbocycles. The highest BCUT2D eigenvalue weighted by molar-refractivity contribution is 4.94. The molecule has 1 fully saturated rings. The fourth-order valence-corrected chi connectivity index (χ4v) is 1.73. The summed E-state index contributed by atoms with van der Waals surface area (Å²) < 4.78 is 10.0. The van der Waals surface area contributed by atoms with Crippen molar-refractivity contribution in [2.45, 2.75) is 37.4 Å². The van der Waals surface area contributed by atoms with Crippen molar-refractivity contribution in [2.24, 2.45) is 0 Å². The largest absolute Gasteiger partial charge is 0.387 e. The van der Waals surface area contributed by atoms with E-state index in [0.29, 0.717) is 0 Å². The maximum atomic E-state index is 10.4. The van der Waals surface area contributed by atoms with Gasteiger partial charge in [-0.3, -0.25) is 10.1 Å². The van der Waals surface area contributed by atoms with Gasteiger partial charge in [0.25, 0.3) is 0 Å². The summed E-state index contributed by atoms with van der Waals surface area (Å²) >= 11 is 0. The molecule has 0 aromatic heterocycles. The van der Waals surface area contributed by atoms with Gasteiger partial charge in [0.1, 0.15) is 6.10 Å². The van der Waals surface area contributed by atoms with Crippen LogP contribution in [0.15, 0.2) is 0 Å². The van der Waals surface area contributed by atoms with E-state index in [1.807, 2.05) is 0 Å². The Balaban J connectivity index is 2.78. The Morgan fingerprint density at radius 2 is 2.33 bits per heavy atom. The zero-order valence-electron chi connectivity index (χ0n) is 8.62. The van der Waals surface area contributed by atoms with Crippen molar-refractivity contribution in [1.82, 2.24) is 0 Å². The predicted molar refractivity (Wildman–Crippen MR) is 48.8 cm³/mol. The summed E-state index contributed by atoms with van der Waals surface area (Å²) in [6.07, 6.45) is -2.83. The molecule has 0 bridgehead atoms. The van der Waals surface area contributed by atoms with Crippen molar-refractivity contribution in [2.75, 3.05) is 13.7 Å². The highest BCUT2D eigenvalue weighted by atomic mass is 16.7. The Kier molecular flexibility index (Phi) is 3.61. The minimum atomic E-state index is -1.79. The van der Waals surface area contributed by atoms with Crippen molar-refractivity contribution in [3.8, 4) is 0 Å². The first kappa shape index (κ1) is 12.3. The maximum absolute atomic E-state index is 10.4. The summed E-state index contributed by atoms with van der Waals surface area (Å²) in [5, 5.41) is 29.9. The smallest absolute Gasteiger partial charge is 0.235 e. The average molecular weight is 221 g/mol. The van der Waals surface area contributed by atoms with Gasteiger partial charge in [-0.15, -0.1) is 0 Å². The van der Waals surface area contributed by atoms with E-state index < -0.39 is 35.6 Å². The van der Waals surface area contributed by atoms with Crippen LogP contribution in [0, 0.1) is 10.1 Å². The van der Waals surface area contributed by atoms with Crippen molar-refractivity contribution in [3.63, 3.8) is 0 Å². The SMILES string of the molecule is CO[C@H]1C[C@](O)(C[N+](=O)[O-])[C@@H](O)[C@H](C)O1. The van der Waals surface area contributed by atoms with Gasteiger partial charge < -0.3 is 19.7 Å². The van der Waals surface area contributed by atoms with E-state index in [4.69, 9.17) is 9.47 Å². The molecule has 1 aliphatic rings. The zero-order chi connectivity index (χ0) is 11.6. The number of ether oxygens (including phenoxy) is 2. The molecule has 2 N–H and O–H groups in total. The molecule has 4 atom stereocenters. The topological polar surface area (TPSA) is 102 Å². The molecule has 15 heavy (non-hydrogen) atoms. The number of aliphatic hydroxyl groups is 2. The standard InChI is InChI=1S/C8H15NO6/c1-5-7(10)8(11,4-9(12)13)3-6(14-2)15-5/h5-7,10-11H,3-4H2,1-2H3/t5-,6+,7-,8-/m0/s1. The Morgan fingerprint density at radius 1 is 1.73 bits per heavy atom. The van der Waals surface area contributed by atoms with E-state index in [1.165, 1.54) is 14.0 Å². The molecule has 1 aliphatic heterocycles. The van der Waals surface area contributed by atoms with Gasteiger partial charge in [-0.2, -0.15) is 0 Å². The molecule has 1 heterocycles. The molecular formula is C8H15NO6. The van der Waals surface area contributed by atoms with E-state index in [0.717, 1.165) is 0 Å². The average Bonchev–Trinajstić information content (AvgIpc) is 2.12. The quantitative estimate of drug-likeness (QED) is 0.474. The molecule has 0 spiro atoms. The molecule has 0 unspecified atom stereocenters. The summed E-state index contributed by atoms with van der Waals surface area (Å²) in [7, 11) is 1.38. The minimum absolute atomic E-state index is 0.115. The van der Waals surface area contributed by atoms with E-state index in [-0.39, 0.29) is 6.42 Å². The van der Waals surface area contributed by atoms with E-state index in [2.05, 4.69) is 0 Å². The predicted octanol–water partition coefficient (Wildman–Crippen LogP) is -0.864. The van der Waals surface area contributed by atoms with Gasteiger partial charge in [0.15, 0.2) is 11.9 Å². The maximum Gasteiger partial charge on any atom is 0.235 e. The number of nitrogens with zero attached hydrogens (tertiary/aromatic N) is 1. The first-order valence-corrected chi connectivity index (χ1v) is 4.59. The van der Waals surface area contributed by atoms with Crippen molar-refractivity contribution < 1.29 is 24.6 Å². The van der Waals surface area contributed by atoms with Gasteiger partial charge in [-0.1, -0.05) is 0 Å². The number of nitro groups is 1. The van der Waals surface area contributed by atoms with Crippen LogP contribution in [0.25, 0.3) is 0 Å². The summed E-state index contributed by atoms with van der Waals surface area (Å²) in [4.78, 5) is 9.71. The molecule has 0 aliphatic carbocycles. The molecule has 0 radical (unpaired) electrons.